The third-order valence-corrected chi connectivity index (χ3v) is 8.40. The van der Waals surface area contributed by atoms with Crippen LogP contribution in [-0.4, -0.2) is 37.2 Å². The Kier molecular flexibility index (Phi) is 30.6. The van der Waals surface area contributed by atoms with E-state index in [4.69, 9.17) is 14.2 Å². The predicted octanol–water partition coefficient (Wildman–Crippen LogP) is 10.8. The molecule has 6 heteroatoms. The molecule has 0 heterocycles. The third kappa shape index (κ3) is 30.2. The Morgan fingerprint density at radius 3 is 1.21 bits per heavy atom. The minimum atomic E-state index is -0.755. The first-order valence-corrected chi connectivity index (χ1v) is 18.4. The standard InChI is InChI=1S/C37H70O6/c1-5-8-10-12-13-14-15-16-22-26-30-37(40)43-34(31-41-35(38)28-24-19-11-9-6-2)32-42-36(39)29-25-21-18-17-20-23-27-33(4)7-3/h33-34H,5-32H2,1-4H3/t33?,34-/m0/s1. The molecular formula is C37H70O6. The van der Waals surface area contributed by atoms with Crippen LogP contribution < -0.4 is 0 Å². The lowest BCUT2D eigenvalue weighted by Gasteiger charge is -2.18. The van der Waals surface area contributed by atoms with Crippen molar-refractivity contribution in [2.24, 2.45) is 5.92 Å². The summed E-state index contributed by atoms with van der Waals surface area (Å²) in [5, 5.41) is 0. The molecule has 254 valence electrons. The quantitative estimate of drug-likeness (QED) is 0.0428. The molecular weight excluding hydrogens is 540 g/mol. The normalized spacial score (nSPS) is 12.6. The highest BCUT2D eigenvalue weighted by Gasteiger charge is 2.19. The van der Waals surface area contributed by atoms with E-state index in [0.717, 1.165) is 70.1 Å². The zero-order valence-corrected chi connectivity index (χ0v) is 28.9. The van der Waals surface area contributed by atoms with Gasteiger partial charge in [0.05, 0.1) is 0 Å². The molecule has 0 aromatic heterocycles. The molecule has 0 N–H and O–H groups in total. The number of carbonyl (C=O) groups is 3. The summed E-state index contributed by atoms with van der Waals surface area (Å²) in [6, 6.07) is 0. The summed E-state index contributed by atoms with van der Waals surface area (Å²) >= 11 is 0. The zero-order chi connectivity index (χ0) is 31.8. The molecule has 0 aliphatic carbocycles. The summed E-state index contributed by atoms with van der Waals surface area (Å²) in [5.74, 6) is -0.0706. The number of hydrogen-bond acceptors (Lipinski definition) is 6. The van der Waals surface area contributed by atoms with Crippen molar-refractivity contribution in [3.63, 3.8) is 0 Å². The first kappa shape index (κ1) is 41.4. The lowest BCUT2D eigenvalue weighted by Crippen LogP contribution is -2.30. The molecule has 6 nitrogen and oxygen atoms in total. The molecule has 0 spiro atoms. The average Bonchev–Trinajstić information content (AvgIpc) is 3.00. The van der Waals surface area contributed by atoms with Gasteiger partial charge in [-0.2, -0.15) is 0 Å². The second-order valence-electron chi connectivity index (χ2n) is 12.7. The van der Waals surface area contributed by atoms with E-state index in [1.165, 1.54) is 83.5 Å². The zero-order valence-electron chi connectivity index (χ0n) is 28.9. The number of unbranched alkanes of at least 4 members (excludes halogenated alkanes) is 18. The van der Waals surface area contributed by atoms with Crippen LogP contribution in [0.15, 0.2) is 0 Å². The fourth-order valence-corrected chi connectivity index (χ4v) is 5.18. The van der Waals surface area contributed by atoms with Crippen LogP contribution in [0.5, 0.6) is 0 Å². The fraction of sp³-hybridized carbons (Fsp3) is 0.919. The summed E-state index contributed by atoms with van der Waals surface area (Å²) in [5.41, 5.74) is 0. The molecule has 0 bridgehead atoms. The maximum absolute atomic E-state index is 12.5. The van der Waals surface area contributed by atoms with Crippen LogP contribution >= 0.6 is 0 Å². The van der Waals surface area contributed by atoms with Crippen LogP contribution in [-0.2, 0) is 28.6 Å². The van der Waals surface area contributed by atoms with Crippen molar-refractivity contribution in [2.75, 3.05) is 13.2 Å². The van der Waals surface area contributed by atoms with Gasteiger partial charge < -0.3 is 14.2 Å². The molecule has 0 aromatic carbocycles. The molecule has 43 heavy (non-hydrogen) atoms. The van der Waals surface area contributed by atoms with E-state index in [-0.39, 0.29) is 31.1 Å². The fourth-order valence-electron chi connectivity index (χ4n) is 5.18. The van der Waals surface area contributed by atoms with Gasteiger partial charge in [-0.15, -0.1) is 0 Å². The van der Waals surface area contributed by atoms with Gasteiger partial charge in [0.15, 0.2) is 6.10 Å². The van der Waals surface area contributed by atoms with Crippen molar-refractivity contribution in [3.05, 3.63) is 0 Å². The second kappa shape index (κ2) is 31.8. The van der Waals surface area contributed by atoms with Gasteiger partial charge in [0, 0.05) is 19.3 Å². The van der Waals surface area contributed by atoms with E-state index >= 15 is 0 Å². The number of carbonyl (C=O) groups excluding carboxylic acids is 3. The molecule has 0 saturated carbocycles. The topological polar surface area (TPSA) is 78.9 Å². The summed E-state index contributed by atoms with van der Waals surface area (Å²) in [6.45, 7) is 8.83. The van der Waals surface area contributed by atoms with E-state index in [2.05, 4.69) is 27.7 Å². The summed E-state index contributed by atoms with van der Waals surface area (Å²) in [6.07, 6.45) is 26.9. The van der Waals surface area contributed by atoms with Gasteiger partial charge in [-0.05, 0) is 25.2 Å². The molecule has 0 aromatic rings. The number of rotatable bonds is 32. The predicted molar refractivity (Wildman–Crippen MR) is 178 cm³/mol. The Hall–Kier alpha value is -1.59. The Bertz CT molecular complexity index is 649. The van der Waals surface area contributed by atoms with E-state index in [1.54, 1.807) is 0 Å². The lowest BCUT2D eigenvalue weighted by atomic mass is 10.00. The Labute approximate surface area is 266 Å². The van der Waals surface area contributed by atoms with Gasteiger partial charge >= 0.3 is 17.9 Å². The molecule has 2 atom stereocenters. The van der Waals surface area contributed by atoms with Crippen LogP contribution in [0.2, 0.25) is 0 Å². The smallest absolute Gasteiger partial charge is 0.306 e. The first-order valence-electron chi connectivity index (χ1n) is 18.4. The number of ether oxygens (including phenoxy) is 3. The van der Waals surface area contributed by atoms with Crippen LogP contribution in [0.25, 0.3) is 0 Å². The maximum atomic E-state index is 12.5. The van der Waals surface area contributed by atoms with Gasteiger partial charge in [-0.3, -0.25) is 14.4 Å². The van der Waals surface area contributed by atoms with E-state index in [9.17, 15) is 14.4 Å². The molecule has 0 rings (SSSR count). The van der Waals surface area contributed by atoms with Crippen molar-refractivity contribution in [1.29, 1.82) is 0 Å². The highest BCUT2D eigenvalue weighted by molar-refractivity contribution is 5.71. The molecule has 0 aliphatic rings. The van der Waals surface area contributed by atoms with Gasteiger partial charge in [0.2, 0.25) is 0 Å². The Balaban J connectivity index is 4.32. The van der Waals surface area contributed by atoms with Gasteiger partial charge in [0.1, 0.15) is 13.2 Å². The largest absolute Gasteiger partial charge is 0.462 e. The van der Waals surface area contributed by atoms with Gasteiger partial charge in [-0.1, -0.05) is 156 Å². The van der Waals surface area contributed by atoms with Crippen LogP contribution in [0.3, 0.4) is 0 Å². The maximum Gasteiger partial charge on any atom is 0.306 e. The van der Waals surface area contributed by atoms with Crippen molar-refractivity contribution < 1.29 is 28.6 Å². The van der Waals surface area contributed by atoms with Gasteiger partial charge in [-0.25, -0.2) is 0 Å². The average molecular weight is 611 g/mol. The lowest BCUT2D eigenvalue weighted by molar-refractivity contribution is -0.167. The molecule has 1 unspecified atom stereocenters. The van der Waals surface area contributed by atoms with Crippen molar-refractivity contribution in [3.8, 4) is 0 Å². The van der Waals surface area contributed by atoms with E-state index in [1.807, 2.05) is 0 Å². The minimum absolute atomic E-state index is 0.0675. The van der Waals surface area contributed by atoms with Crippen molar-refractivity contribution >= 4 is 17.9 Å². The minimum Gasteiger partial charge on any atom is -0.462 e. The number of esters is 3. The first-order chi connectivity index (χ1) is 20.9. The summed E-state index contributed by atoms with van der Waals surface area (Å²) in [4.78, 5) is 37.1. The van der Waals surface area contributed by atoms with E-state index < -0.39 is 6.10 Å². The SMILES string of the molecule is CCCCCCCCCCCCC(=O)O[C@@H](COC(=O)CCCCCCC)COC(=O)CCCCCCCCC(C)CC. The monoisotopic (exact) mass is 611 g/mol. The second-order valence-corrected chi connectivity index (χ2v) is 12.7. The Morgan fingerprint density at radius 1 is 0.465 bits per heavy atom. The highest BCUT2D eigenvalue weighted by atomic mass is 16.6. The Morgan fingerprint density at radius 2 is 0.814 bits per heavy atom. The molecule has 0 amide bonds. The summed E-state index contributed by atoms with van der Waals surface area (Å²) in [7, 11) is 0. The molecule has 0 aliphatic heterocycles. The molecule has 0 fully saturated rings. The highest BCUT2D eigenvalue weighted by Crippen LogP contribution is 2.15. The van der Waals surface area contributed by atoms with Crippen LogP contribution in [0.1, 0.15) is 195 Å². The van der Waals surface area contributed by atoms with Crippen LogP contribution in [0.4, 0.5) is 0 Å². The van der Waals surface area contributed by atoms with Crippen molar-refractivity contribution in [2.45, 2.75) is 201 Å². The van der Waals surface area contributed by atoms with Gasteiger partial charge in [0.25, 0.3) is 0 Å². The number of hydrogen-bond donors (Lipinski definition) is 0. The third-order valence-electron chi connectivity index (χ3n) is 8.40. The van der Waals surface area contributed by atoms with Crippen molar-refractivity contribution in [1.82, 2.24) is 0 Å². The molecule has 0 radical (unpaired) electrons. The van der Waals surface area contributed by atoms with Crippen LogP contribution in [0, 0.1) is 5.92 Å². The summed E-state index contributed by atoms with van der Waals surface area (Å²) < 4.78 is 16.5. The van der Waals surface area contributed by atoms with E-state index in [0.29, 0.717) is 19.3 Å². The molecule has 0 saturated heterocycles.